The maximum absolute atomic E-state index is 12.5. The average Bonchev–Trinajstić information content (AvgIpc) is 3.48. The van der Waals surface area contributed by atoms with Gasteiger partial charge >= 0.3 is 5.97 Å². The fourth-order valence-electron chi connectivity index (χ4n) is 12.5. The zero-order valence-electron chi connectivity index (χ0n) is 56.7. The zero-order chi connectivity index (χ0) is 59.9. The molecule has 0 aromatic rings. The van der Waals surface area contributed by atoms with E-state index in [-0.39, 0.29) is 18.5 Å². The van der Waals surface area contributed by atoms with E-state index in [1.165, 1.54) is 379 Å². The highest BCUT2D eigenvalue weighted by Crippen LogP contribution is 2.20. The Balaban J connectivity index is 3.33. The van der Waals surface area contributed by atoms with Crippen LogP contribution < -0.4 is 5.32 Å². The van der Waals surface area contributed by atoms with Gasteiger partial charge in [0, 0.05) is 12.8 Å². The summed E-state index contributed by atoms with van der Waals surface area (Å²) in [4.78, 5) is 24.6. The molecule has 6 nitrogen and oxygen atoms in total. The summed E-state index contributed by atoms with van der Waals surface area (Å²) in [5.41, 5.74) is 0. The molecule has 0 bridgehead atoms. The Kier molecular flexibility index (Phi) is 71.8. The molecule has 1 amide bonds. The highest BCUT2D eigenvalue weighted by atomic mass is 16.5. The van der Waals surface area contributed by atoms with Crippen LogP contribution in [-0.4, -0.2) is 47.4 Å². The fourth-order valence-corrected chi connectivity index (χ4v) is 12.5. The summed E-state index contributed by atoms with van der Waals surface area (Å²) in [6.45, 7) is 4.96. The quantitative estimate of drug-likeness (QED) is 0.0320. The standard InChI is InChI=1S/C77H151NO5/c1-3-5-7-9-11-13-15-17-19-20-36-39-42-45-49-53-57-61-65-69-75(80)74(73-79)78-76(81)70-66-62-58-54-50-46-43-40-37-34-32-30-28-26-24-22-21-23-25-27-29-31-33-35-38-41-44-48-52-56-60-64-68-72-83-77(82)71-67-63-59-55-51-47-18-16-14-12-10-8-6-4-2/h65,69,74-75,79-80H,3-64,66-68,70-73H2,1-2H3,(H,78,81)/b69-65+. The summed E-state index contributed by atoms with van der Waals surface area (Å²) in [5, 5.41) is 23.3. The Labute approximate surface area is 520 Å². The number of hydrogen-bond acceptors (Lipinski definition) is 5. The Morgan fingerprint density at radius 1 is 0.325 bits per heavy atom. The van der Waals surface area contributed by atoms with Crippen LogP contribution in [0.2, 0.25) is 0 Å². The van der Waals surface area contributed by atoms with Gasteiger partial charge in [0.05, 0.1) is 25.4 Å². The molecule has 0 rings (SSSR count). The molecule has 6 heteroatoms. The largest absolute Gasteiger partial charge is 0.466 e. The van der Waals surface area contributed by atoms with Crippen LogP contribution in [0.1, 0.15) is 444 Å². The van der Waals surface area contributed by atoms with Crippen molar-refractivity contribution in [3.05, 3.63) is 12.2 Å². The molecule has 0 aromatic carbocycles. The molecule has 2 unspecified atom stereocenters. The second-order valence-corrected chi connectivity index (χ2v) is 26.7. The maximum Gasteiger partial charge on any atom is 0.305 e. The molecule has 0 aromatic heterocycles. The number of rotatable bonds is 73. The van der Waals surface area contributed by atoms with Crippen molar-refractivity contribution in [2.45, 2.75) is 456 Å². The average molecular weight is 1170 g/mol. The van der Waals surface area contributed by atoms with E-state index in [4.69, 9.17) is 4.74 Å². The van der Waals surface area contributed by atoms with Gasteiger partial charge < -0.3 is 20.3 Å². The Hall–Kier alpha value is -1.40. The zero-order valence-corrected chi connectivity index (χ0v) is 56.7. The minimum Gasteiger partial charge on any atom is -0.466 e. The van der Waals surface area contributed by atoms with E-state index < -0.39 is 12.1 Å². The van der Waals surface area contributed by atoms with Crippen LogP contribution in [0.25, 0.3) is 0 Å². The molecule has 3 N–H and O–H groups in total. The second-order valence-electron chi connectivity index (χ2n) is 26.7. The highest BCUT2D eigenvalue weighted by Gasteiger charge is 2.18. The van der Waals surface area contributed by atoms with Gasteiger partial charge in [-0.3, -0.25) is 9.59 Å². The van der Waals surface area contributed by atoms with Crippen LogP contribution in [0, 0.1) is 0 Å². The number of hydrogen-bond donors (Lipinski definition) is 3. The van der Waals surface area contributed by atoms with Gasteiger partial charge in [-0.05, 0) is 32.1 Å². The van der Waals surface area contributed by atoms with Gasteiger partial charge in [0.15, 0.2) is 0 Å². The van der Waals surface area contributed by atoms with E-state index in [9.17, 15) is 19.8 Å². The molecule has 0 radical (unpaired) electrons. The first-order chi connectivity index (χ1) is 41.0. The summed E-state index contributed by atoms with van der Waals surface area (Å²) in [5.74, 6) is -0.0337. The van der Waals surface area contributed by atoms with Crippen molar-refractivity contribution in [3.63, 3.8) is 0 Å². The molecule has 0 saturated heterocycles. The van der Waals surface area contributed by atoms with E-state index in [0.29, 0.717) is 19.4 Å². The SMILES string of the molecule is CCCCCCCCCCCCCCCCCCC/C=C/C(O)C(CO)NC(=O)CCCCCCCCCCCCCCCCCCCCCCCCCCCCCCCCCCCOC(=O)CCCCCCCCCCCCCCCC. The number of esters is 1. The predicted octanol–water partition coefficient (Wildman–Crippen LogP) is 25.1. The molecular formula is C77H151NO5. The van der Waals surface area contributed by atoms with Crippen molar-refractivity contribution in [1.29, 1.82) is 0 Å². The molecule has 0 spiro atoms. The summed E-state index contributed by atoms with van der Waals surface area (Å²) >= 11 is 0. The molecular weight excluding hydrogens is 1020 g/mol. The summed E-state index contributed by atoms with van der Waals surface area (Å²) < 4.78 is 5.50. The van der Waals surface area contributed by atoms with Crippen molar-refractivity contribution in [2.24, 2.45) is 0 Å². The van der Waals surface area contributed by atoms with Gasteiger partial charge in [-0.1, -0.05) is 411 Å². The van der Waals surface area contributed by atoms with Gasteiger partial charge in [0.25, 0.3) is 0 Å². The monoisotopic (exact) mass is 1170 g/mol. The van der Waals surface area contributed by atoms with Crippen molar-refractivity contribution in [1.82, 2.24) is 5.32 Å². The predicted molar refractivity (Wildman–Crippen MR) is 366 cm³/mol. The molecule has 2 atom stereocenters. The third kappa shape index (κ3) is 69.6. The molecule has 0 saturated carbocycles. The van der Waals surface area contributed by atoms with Crippen LogP contribution in [0.4, 0.5) is 0 Å². The summed E-state index contributed by atoms with van der Waals surface area (Å²) in [7, 11) is 0. The van der Waals surface area contributed by atoms with E-state index in [1.54, 1.807) is 6.08 Å². The van der Waals surface area contributed by atoms with Gasteiger partial charge in [0.1, 0.15) is 0 Å². The normalized spacial score (nSPS) is 12.5. The van der Waals surface area contributed by atoms with Crippen molar-refractivity contribution in [2.75, 3.05) is 13.2 Å². The lowest BCUT2D eigenvalue weighted by Crippen LogP contribution is -2.45. The molecule has 0 fully saturated rings. The topological polar surface area (TPSA) is 95.9 Å². The van der Waals surface area contributed by atoms with Gasteiger partial charge in [-0.15, -0.1) is 0 Å². The number of ether oxygens (including phenoxy) is 1. The number of carbonyl (C=O) groups excluding carboxylic acids is 2. The first-order valence-corrected chi connectivity index (χ1v) is 38.5. The third-order valence-corrected chi connectivity index (χ3v) is 18.3. The molecule has 83 heavy (non-hydrogen) atoms. The highest BCUT2D eigenvalue weighted by molar-refractivity contribution is 5.76. The van der Waals surface area contributed by atoms with E-state index >= 15 is 0 Å². The number of carbonyl (C=O) groups is 2. The van der Waals surface area contributed by atoms with Crippen LogP contribution >= 0.6 is 0 Å². The van der Waals surface area contributed by atoms with E-state index in [2.05, 4.69) is 19.2 Å². The minimum absolute atomic E-state index is 0.0248. The number of nitrogens with one attached hydrogen (secondary N) is 1. The Morgan fingerprint density at radius 2 is 0.554 bits per heavy atom. The van der Waals surface area contributed by atoms with E-state index in [1.807, 2.05) is 6.08 Å². The van der Waals surface area contributed by atoms with Gasteiger partial charge in [0.2, 0.25) is 5.91 Å². The molecule has 0 aliphatic carbocycles. The number of allylic oxidation sites excluding steroid dienone is 1. The van der Waals surface area contributed by atoms with Crippen molar-refractivity contribution >= 4 is 11.9 Å². The molecule has 0 heterocycles. The smallest absolute Gasteiger partial charge is 0.305 e. The van der Waals surface area contributed by atoms with Crippen molar-refractivity contribution < 1.29 is 24.5 Å². The molecule has 494 valence electrons. The number of aliphatic hydroxyl groups is 2. The maximum atomic E-state index is 12.5. The first kappa shape index (κ1) is 81.6. The lowest BCUT2D eigenvalue weighted by Gasteiger charge is -2.20. The lowest BCUT2D eigenvalue weighted by molar-refractivity contribution is -0.143. The fraction of sp³-hybridized carbons (Fsp3) is 0.948. The van der Waals surface area contributed by atoms with Crippen LogP contribution in [0.3, 0.4) is 0 Å². The number of unbranched alkanes of at least 4 members (excludes halogenated alkanes) is 62. The van der Waals surface area contributed by atoms with Gasteiger partial charge in [-0.25, -0.2) is 0 Å². The lowest BCUT2D eigenvalue weighted by atomic mass is 10.0. The third-order valence-electron chi connectivity index (χ3n) is 18.3. The second kappa shape index (κ2) is 73.1. The van der Waals surface area contributed by atoms with Crippen molar-refractivity contribution in [3.8, 4) is 0 Å². The van der Waals surface area contributed by atoms with Gasteiger partial charge in [-0.2, -0.15) is 0 Å². The minimum atomic E-state index is -0.841. The Bertz CT molecular complexity index is 1260. The number of amides is 1. The van der Waals surface area contributed by atoms with Crippen LogP contribution in [0.15, 0.2) is 12.2 Å². The first-order valence-electron chi connectivity index (χ1n) is 38.5. The van der Waals surface area contributed by atoms with E-state index in [0.717, 1.165) is 38.5 Å². The number of aliphatic hydroxyl groups excluding tert-OH is 2. The molecule has 0 aliphatic heterocycles. The van der Waals surface area contributed by atoms with Crippen LogP contribution in [-0.2, 0) is 14.3 Å². The molecule has 0 aliphatic rings. The summed E-state index contributed by atoms with van der Waals surface area (Å²) in [6, 6.07) is -0.624. The van der Waals surface area contributed by atoms with Crippen LogP contribution in [0.5, 0.6) is 0 Å². The summed E-state index contributed by atoms with van der Waals surface area (Å²) in [6.07, 6.45) is 91.8. The Morgan fingerprint density at radius 3 is 0.819 bits per heavy atom.